The number of aryl methyl sites for hydroxylation is 1. The van der Waals surface area contributed by atoms with Crippen LogP contribution in [0.3, 0.4) is 0 Å². The first-order chi connectivity index (χ1) is 16.9. The Morgan fingerprint density at radius 1 is 1.03 bits per heavy atom. The molecular formula is C30H33F3O2. The molecule has 4 atom stereocenters. The number of ether oxygens (including phenoxy) is 1. The van der Waals surface area contributed by atoms with E-state index in [4.69, 9.17) is 4.74 Å². The molecule has 0 N–H and O–H groups in total. The van der Waals surface area contributed by atoms with E-state index in [2.05, 4.69) is 12.7 Å². The van der Waals surface area contributed by atoms with Gasteiger partial charge in [0.1, 0.15) is 5.82 Å². The summed E-state index contributed by atoms with van der Waals surface area (Å²) in [4.78, 5) is 12.6. The van der Waals surface area contributed by atoms with Gasteiger partial charge in [-0.15, -0.1) is 6.58 Å². The second-order valence-electron chi connectivity index (χ2n) is 9.92. The van der Waals surface area contributed by atoms with Gasteiger partial charge in [0, 0.05) is 0 Å². The summed E-state index contributed by atoms with van der Waals surface area (Å²) in [6.07, 6.45) is 13.1. The molecule has 2 aromatic rings. The molecular weight excluding hydrogens is 449 g/mol. The van der Waals surface area contributed by atoms with Crippen molar-refractivity contribution in [3.05, 3.63) is 89.3 Å². The number of halogens is 3. The molecule has 0 saturated heterocycles. The highest BCUT2D eigenvalue weighted by atomic mass is 19.2. The molecule has 2 fully saturated rings. The fourth-order valence-corrected chi connectivity index (χ4v) is 5.82. The second-order valence-corrected chi connectivity index (χ2v) is 9.92. The maximum atomic E-state index is 15.1. The number of hydrogen-bond donors (Lipinski definition) is 0. The van der Waals surface area contributed by atoms with Crippen molar-refractivity contribution >= 4 is 5.97 Å². The van der Waals surface area contributed by atoms with Crippen LogP contribution in [0, 0.1) is 35.2 Å². The molecule has 0 bridgehead atoms. The summed E-state index contributed by atoms with van der Waals surface area (Å²) in [5.41, 5.74) is 0.806. The van der Waals surface area contributed by atoms with Gasteiger partial charge in [0.2, 0.25) is 5.82 Å². The van der Waals surface area contributed by atoms with Crippen LogP contribution in [0.25, 0.3) is 0 Å². The molecule has 0 amide bonds. The molecule has 2 aliphatic rings. The summed E-state index contributed by atoms with van der Waals surface area (Å²) in [7, 11) is 0. The first kappa shape index (κ1) is 25.3. The van der Waals surface area contributed by atoms with Gasteiger partial charge < -0.3 is 4.74 Å². The number of allylic oxidation sites excluding steroid dienone is 3. The highest BCUT2D eigenvalue weighted by molar-refractivity contribution is 5.91. The Kier molecular flexibility index (Phi) is 8.15. The highest BCUT2D eigenvalue weighted by Gasteiger charge is 2.36. The first-order valence-electron chi connectivity index (χ1n) is 12.6. The van der Waals surface area contributed by atoms with Crippen LogP contribution < -0.4 is 4.74 Å². The van der Waals surface area contributed by atoms with Gasteiger partial charge in [-0.3, -0.25) is 0 Å². The Bertz CT molecular complexity index is 1110. The van der Waals surface area contributed by atoms with Gasteiger partial charge in [0.25, 0.3) is 0 Å². The van der Waals surface area contributed by atoms with Crippen molar-refractivity contribution in [2.45, 2.75) is 64.2 Å². The summed E-state index contributed by atoms with van der Waals surface area (Å²) in [5.74, 6) is -2.09. The van der Waals surface area contributed by atoms with Gasteiger partial charge in [-0.2, -0.15) is 4.39 Å². The third kappa shape index (κ3) is 5.71. The third-order valence-electron chi connectivity index (χ3n) is 7.81. The van der Waals surface area contributed by atoms with Gasteiger partial charge in [-0.25, -0.2) is 13.6 Å². The predicted molar refractivity (Wildman–Crippen MR) is 132 cm³/mol. The van der Waals surface area contributed by atoms with E-state index in [0.717, 1.165) is 38.2 Å². The predicted octanol–water partition coefficient (Wildman–Crippen LogP) is 8.32. The lowest BCUT2D eigenvalue weighted by Crippen LogP contribution is -2.30. The Morgan fingerprint density at radius 3 is 2.54 bits per heavy atom. The molecule has 2 aromatic carbocycles. The van der Waals surface area contributed by atoms with Crippen LogP contribution in [0.4, 0.5) is 13.2 Å². The summed E-state index contributed by atoms with van der Waals surface area (Å²) >= 11 is 0. The second kappa shape index (κ2) is 11.3. The summed E-state index contributed by atoms with van der Waals surface area (Å²) < 4.78 is 49.0. The van der Waals surface area contributed by atoms with Crippen molar-refractivity contribution in [1.29, 1.82) is 0 Å². The van der Waals surface area contributed by atoms with E-state index in [0.29, 0.717) is 36.2 Å². The van der Waals surface area contributed by atoms with Crippen LogP contribution in [-0.4, -0.2) is 5.97 Å². The molecule has 186 valence electrons. The lowest BCUT2D eigenvalue weighted by Gasteiger charge is -2.41. The Morgan fingerprint density at radius 2 is 1.80 bits per heavy atom. The standard InChI is InChI=1S/C30H33F3O2/c1-3-5-6-7-20-13-15-27(29(33)28(20)32)35-30(34)24-12-14-25(26(31)18-24)23-11-10-21-16-19(4-2)8-9-22(21)17-23/h3-5,12-15,18-19,21-23H,2,6-11,16-17H2,1H3/b5-3+. The topological polar surface area (TPSA) is 26.3 Å². The smallest absolute Gasteiger partial charge is 0.343 e. The van der Waals surface area contributed by atoms with Gasteiger partial charge in [-0.1, -0.05) is 30.4 Å². The lowest BCUT2D eigenvalue weighted by atomic mass is 9.64. The number of carbonyl (C=O) groups excluding carboxylic acids is 1. The molecule has 2 aliphatic carbocycles. The zero-order valence-corrected chi connectivity index (χ0v) is 20.2. The number of esters is 1. The monoisotopic (exact) mass is 482 g/mol. The Balaban J connectivity index is 1.42. The fraction of sp³-hybridized carbons (Fsp3) is 0.433. The number of rotatable bonds is 7. The molecule has 2 saturated carbocycles. The van der Waals surface area contributed by atoms with E-state index in [1.807, 2.05) is 19.1 Å². The van der Waals surface area contributed by atoms with Crippen molar-refractivity contribution in [3.8, 4) is 5.75 Å². The van der Waals surface area contributed by atoms with E-state index in [-0.39, 0.29) is 17.0 Å². The largest absolute Gasteiger partial charge is 0.420 e. The van der Waals surface area contributed by atoms with Crippen molar-refractivity contribution in [1.82, 2.24) is 0 Å². The average Bonchev–Trinajstić information content (AvgIpc) is 2.87. The van der Waals surface area contributed by atoms with E-state index < -0.39 is 29.2 Å². The van der Waals surface area contributed by atoms with Crippen molar-refractivity contribution in [2.24, 2.45) is 17.8 Å². The maximum absolute atomic E-state index is 15.1. The number of carbonyl (C=O) groups is 1. The first-order valence-corrected chi connectivity index (χ1v) is 12.6. The number of benzene rings is 2. The molecule has 4 unspecified atom stereocenters. The molecule has 0 heterocycles. The van der Waals surface area contributed by atoms with E-state index >= 15 is 4.39 Å². The number of fused-ring (bicyclic) bond motifs is 1. The maximum Gasteiger partial charge on any atom is 0.343 e. The van der Waals surface area contributed by atoms with Crippen LogP contribution in [0.1, 0.15) is 79.3 Å². The van der Waals surface area contributed by atoms with Crippen LogP contribution in [0.5, 0.6) is 5.75 Å². The van der Waals surface area contributed by atoms with Gasteiger partial charge in [0.15, 0.2) is 11.6 Å². The number of hydrogen-bond acceptors (Lipinski definition) is 2. The lowest BCUT2D eigenvalue weighted by molar-refractivity contribution is 0.0726. The van der Waals surface area contributed by atoms with Crippen molar-refractivity contribution in [2.75, 3.05) is 0 Å². The van der Waals surface area contributed by atoms with Gasteiger partial charge >= 0.3 is 5.97 Å². The molecule has 35 heavy (non-hydrogen) atoms. The normalized spacial score (nSPS) is 24.2. The van der Waals surface area contributed by atoms with Gasteiger partial charge in [0.05, 0.1) is 5.56 Å². The summed E-state index contributed by atoms with van der Waals surface area (Å²) in [6, 6.07) is 6.96. The van der Waals surface area contributed by atoms with Crippen molar-refractivity contribution < 1.29 is 22.7 Å². The highest BCUT2D eigenvalue weighted by Crippen LogP contribution is 2.48. The zero-order valence-electron chi connectivity index (χ0n) is 20.2. The van der Waals surface area contributed by atoms with Gasteiger partial charge in [-0.05, 0) is 111 Å². The molecule has 0 spiro atoms. The minimum atomic E-state index is -1.21. The molecule has 4 rings (SSSR count). The molecule has 0 radical (unpaired) electrons. The molecule has 5 heteroatoms. The van der Waals surface area contributed by atoms with Crippen LogP contribution in [-0.2, 0) is 6.42 Å². The fourth-order valence-electron chi connectivity index (χ4n) is 5.82. The zero-order chi connectivity index (χ0) is 24.9. The van der Waals surface area contributed by atoms with Crippen LogP contribution in [0.15, 0.2) is 55.1 Å². The molecule has 0 aromatic heterocycles. The minimum Gasteiger partial charge on any atom is -0.420 e. The van der Waals surface area contributed by atoms with E-state index in [1.54, 1.807) is 6.07 Å². The molecule has 0 aliphatic heterocycles. The minimum absolute atomic E-state index is 0.0246. The van der Waals surface area contributed by atoms with E-state index in [9.17, 15) is 13.6 Å². The SMILES string of the molecule is C=CC1CCC2CC(c3ccc(C(=O)Oc4ccc(CC/C=C/C)c(F)c4F)cc3F)CCC2C1. The quantitative estimate of drug-likeness (QED) is 0.225. The third-order valence-corrected chi connectivity index (χ3v) is 7.81. The Labute approximate surface area is 205 Å². The van der Waals surface area contributed by atoms with Crippen LogP contribution in [0.2, 0.25) is 0 Å². The van der Waals surface area contributed by atoms with Crippen LogP contribution >= 0.6 is 0 Å². The average molecular weight is 483 g/mol. The van der Waals surface area contributed by atoms with Crippen molar-refractivity contribution in [3.63, 3.8) is 0 Å². The Hall–Kier alpha value is -2.82. The summed E-state index contributed by atoms with van der Waals surface area (Å²) in [5, 5.41) is 0. The summed E-state index contributed by atoms with van der Waals surface area (Å²) in [6.45, 7) is 5.80. The molecule has 2 nitrogen and oxygen atoms in total. The van der Waals surface area contributed by atoms with E-state index in [1.165, 1.54) is 24.6 Å².